The maximum Gasteiger partial charge on any atom is 0.163 e. The molecule has 0 fully saturated rings. The first-order chi connectivity index (χ1) is 12.2. The highest BCUT2D eigenvalue weighted by Crippen LogP contribution is 2.38. The van der Waals surface area contributed by atoms with Crippen LogP contribution in [0.25, 0.3) is 33.2 Å². The number of aromatic amines is 1. The maximum absolute atomic E-state index is 9.00. The third kappa shape index (κ3) is 2.60. The molecule has 4 rings (SSSR count). The van der Waals surface area contributed by atoms with E-state index < -0.39 is 0 Å². The summed E-state index contributed by atoms with van der Waals surface area (Å²) < 4.78 is 13.1. The molecule has 6 heteroatoms. The van der Waals surface area contributed by atoms with Crippen LogP contribution in [0.4, 0.5) is 0 Å². The Kier molecular flexibility index (Phi) is 3.82. The molecule has 3 heterocycles. The standard InChI is InChI=1S/C19H19N3O3/c1-22-11-14(15-8-12-4-3-5-20-19(12)21-15)13-9-17(24-2)18(10-16(13)22)25-7-6-23/h3-5,8-11,23H,6-7H2,1-2H3,(H,20,21). The van der Waals surface area contributed by atoms with E-state index in [1.54, 1.807) is 13.3 Å². The van der Waals surface area contributed by atoms with Crippen molar-refractivity contribution in [2.45, 2.75) is 0 Å². The van der Waals surface area contributed by atoms with Crippen LogP contribution >= 0.6 is 0 Å². The fraction of sp³-hybridized carbons (Fsp3) is 0.211. The highest BCUT2D eigenvalue weighted by atomic mass is 16.5. The minimum Gasteiger partial charge on any atom is -0.493 e. The third-order valence-electron chi connectivity index (χ3n) is 4.31. The fourth-order valence-corrected chi connectivity index (χ4v) is 3.13. The van der Waals surface area contributed by atoms with Crippen LogP contribution in [0.1, 0.15) is 0 Å². The van der Waals surface area contributed by atoms with Crippen molar-refractivity contribution in [1.29, 1.82) is 0 Å². The average molecular weight is 337 g/mol. The molecule has 0 atom stereocenters. The van der Waals surface area contributed by atoms with Gasteiger partial charge in [0.05, 0.1) is 19.2 Å². The largest absolute Gasteiger partial charge is 0.493 e. The number of nitrogens with zero attached hydrogens (tertiary/aromatic N) is 2. The second-order valence-electron chi connectivity index (χ2n) is 5.87. The summed E-state index contributed by atoms with van der Waals surface area (Å²) in [5.74, 6) is 1.26. The van der Waals surface area contributed by atoms with E-state index in [-0.39, 0.29) is 13.2 Å². The number of hydrogen-bond acceptors (Lipinski definition) is 4. The number of methoxy groups -OCH3 is 1. The van der Waals surface area contributed by atoms with Gasteiger partial charge in [-0.15, -0.1) is 0 Å². The molecule has 2 N–H and O–H groups in total. The van der Waals surface area contributed by atoms with Gasteiger partial charge in [0, 0.05) is 47.5 Å². The Labute approximate surface area is 144 Å². The molecule has 0 saturated carbocycles. The van der Waals surface area contributed by atoms with Gasteiger partial charge >= 0.3 is 0 Å². The Morgan fingerprint density at radius 1 is 1.24 bits per heavy atom. The first-order valence-electron chi connectivity index (χ1n) is 8.06. The van der Waals surface area contributed by atoms with Crippen LogP contribution in [0.15, 0.2) is 42.7 Å². The molecule has 3 aromatic heterocycles. The Hall–Kier alpha value is -2.99. The number of ether oxygens (including phenoxy) is 2. The highest BCUT2D eigenvalue weighted by Gasteiger charge is 2.15. The Morgan fingerprint density at radius 3 is 2.88 bits per heavy atom. The molecule has 0 aliphatic rings. The number of benzene rings is 1. The molecular formula is C19H19N3O3. The summed E-state index contributed by atoms with van der Waals surface area (Å²) in [5, 5.41) is 11.1. The summed E-state index contributed by atoms with van der Waals surface area (Å²) in [7, 11) is 3.61. The molecule has 6 nitrogen and oxygen atoms in total. The topological polar surface area (TPSA) is 72.3 Å². The lowest BCUT2D eigenvalue weighted by atomic mass is 10.1. The predicted molar refractivity (Wildman–Crippen MR) is 97.1 cm³/mol. The zero-order valence-electron chi connectivity index (χ0n) is 14.1. The molecule has 0 amide bonds. The lowest BCUT2D eigenvalue weighted by Crippen LogP contribution is -2.03. The number of aryl methyl sites for hydroxylation is 1. The summed E-state index contributed by atoms with van der Waals surface area (Å²) in [6, 6.07) is 9.97. The minimum atomic E-state index is -0.0400. The number of aliphatic hydroxyl groups excluding tert-OH is 1. The molecule has 128 valence electrons. The second-order valence-corrected chi connectivity index (χ2v) is 5.87. The van der Waals surface area contributed by atoms with Gasteiger partial charge in [0.25, 0.3) is 0 Å². The zero-order chi connectivity index (χ0) is 17.4. The molecule has 4 aromatic rings. The van der Waals surface area contributed by atoms with Crippen molar-refractivity contribution < 1.29 is 14.6 Å². The van der Waals surface area contributed by atoms with Gasteiger partial charge in [0.1, 0.15) is 12.3 Å². The molecule has 0 aliphatic heterocycles. The first-order valence-corrected chi connectivity index (χ1v) is 8.06. The predicted octanol–water partition coefficient (Wildman–Crippen LogP) is 3.10. The van der Waals surface area contributed by atoms with Crippen LogP contribution in [0.3, 0.4) is 0 Å². The molecular weight excluding hydrogens is 318 g/mol. The SMILES string of the molecule is COc1cc2c(-c3cc4cccnc4[nH]3)cn(C)c2cc1OCCO. The Bertz CT molecular complexity index is 1020. The van der Waals surface area contributed by atoms with E-state index >= 15 is 0 Å². The molecule has 0 spiro atoms. The van der Waals surface area contributed by atoms with Crippen LogP contribution in [-0.4, -0.2) is 40.0 Å². The van der Waals surface area contributed by atoms with E-state index in [9.17, 15) is 0 Å². The summed E-state index contributed by atoms with van der Waals surface area (Å²) in [4.78, 5) is 7.74. The summed E-state index contributed by atoms with van der Waals surface area (Å²) >= 11 is 0. The molecule has 1 aromatic carbocycles. The average Bonchev–Trinajstić information content (AvgIpc) is 3.20. The number of hydrogen-bond donors (Lipinski definition) is 2. The summed E-state index contributed by atoms with van der Waals surface area (Å²) in [6.45, 7) is 0.189. The second kappa shape index (κ2) is 6.14. The minimum absolute atomic E-state index is 0.0400. The van der Waals surface area contributed by atoms with Gasteiger partial charge in [-0.25, -0.2) is 4.98 Å². The van der Waals surface area contributed by atoms with Crippen molar-refractivity contribution in [1.82, 2.24) is 14.5 Å². The fourth-order valence-electron chi connectivity index (χ4n) is 3.13. The summed E-state index contributed by atoms with van der Waals surface area (Å²) in [6.07, 6.45) is 3.85. The van der Waals surface area contributed by atoms with Gasteiger partial charge in [-0.3, -0.25) is 0 Å². The lowest BCUT2D eigenvalue weighted by Gasteiger charge is -2.11. The lowest BCUT2D eigenvalue weighted by molar-refractivity contribution is 0.196. The number of aliphatic hydroxyl groups is 1. The number of nitrogens with one attached hydrogen (secondary N) is 1. The van der Waals surface area contributed by atoms with E-state index in [4.69, 9.17) is 14.6 Å². The van der Waals surface area contributed by atoms with Crippen molar-refractivity contribution in [3.05, 3.63) is 42.7 Å². The van der Waals surface area contributed by atoms with Gasteiger partial charge in [0.2, 0.25) is 0 Å². The van der Waals surface area contributed by atoms with Crippen molar-refractivity contribution in [3.63, 3.8) is 0 Å². The zero-order valence-corrected chi connectivity index (χ0v) is 14.1. The van der Waals surface area contributed by atoms with Crippen molar-refractivity contribution in [2.75, 3.05) is 20.3 Å². The van der Waals surface area contributed by atoms with Gasteiger partial charge in [-0.1, -0.05) is 0 Å². The van der Waals surface area contributed by atoms with E-state index in [1.807, 2.05) is 31.3 Å². The number of aromatic nitrogens is 3. The van der Waals surface area contributed by atoms with Crippen LogP contribution in [0.5, 0.6) is 11.5 Å². The van der Waals surface area contributed by atoms with Crippen LogP contribution in [0, 0.1) is 0 Å². The van der Waals surface area contributed by atoms with Crippen molar-refractivity contribution in [3.8, 4) is 22.8 Å². The summed E-state index contributed by atoms with van der Waals surface area (Å²) in [5.41, 5.74) is 3.97. The van der Waals surface area contributed by atoms with E-state index in [1.165, 1.54) is 0 Å². The van der Waals surface area contributed by atoms with E-state index in [0.29, 0.717) is 11.5 Å². The van der Waals surface area contributed by atoms with Gasteiger partial charge in [0.15, 0.2) is 11.5 Å². The Balaban J connectivity index is 1.89. The van der Waals surface area contributed by atoms with E-state index in [0.717, 1.165) is 33.2 Å². The molecule has 25 heavy (non-hydrogen) atoms. The smallest absolute Gasteiger partial charge is 0.163 e. The van der Waals surface area contributed by atoms with Crippen LogP contribution in [-0.2, 0) is 7.05 Å². The van der Waals surface area contributed by atoms with Gasteiger partial charge in [-0.05, 0) is 24.3 Å². The van der Waals surface area contributed by atoms with Crippen LogP contribution < -0.4 is 9.47 Å². The molecule has 0 aliphatic carbocycles. The van der Waals surface area contributed by atoms with Gasteiger partial charge < -0.3 is 24.1 Å². The first kappa shape index (κ1) is 15.5. The number of pyridine rings is 1. The van der Waals surface area contributed by atoms with E-state index in [2.05, 4.69) is 26.8 Å². The van der Waals surface area contributed by atoms with Crippen LogP contribution in [0.2, 0.25) is 0 Å². The third-order valence-corrected chi connectivity index (χ3v) is 4.31. The maximum atomic E-state index is 9.00. The molecule has 0 bridgehead atoms. The number of H-pyrrole nitrogens is 1. The highest BCUT2D eigenvalue weighted by molar-refractivity contribution is 5.99. The number of fused-ring (bicyclic) bond motifs is 2. The van der Waals surface area contributed by atoms with Crippen molar-refractivity contribution in [2.24, 2.45) is 7.05 Å². The quantitative estimate of drug-likeness (QED) is 0.587. The molecule has 0 saturated heterocycles. The molecule has 0 radical (unpaired) electrons. The monoisotopic (exact) mass is 337 g/mol. The Morgan fingerprint density at radius 2 is 2.12 bits per heavy atom. The number of rotatable bonds is 5. The van der Waals surface area contributed by atoms with Crippen molar-refractivity contribution >= 4 is 21.9 Å². The van der Waals surface area contributed by atoms with Gasteiger partial charge in [-0.2, -0.15) is 0 Å². The normalized spacial score (nSPS) is 11.3. The molecule has 0 unspecified atom stereocenters.